The number of carbonyl (C=O) groups is 2. The summed E-state index contributed by atoms with van der Waals surface area (Å²) in [4.78, 5) is 28.8. The number of amides is 2. The van der Waals surface area contributed by atoms with Crippen LogP contribution < -0.4 is 0 Å². The molecule has 27 heavy (non-hydrogen) atoms. The zero-order valence-electron chi connectivity index (χ0n) is 14.9. The molecule has 8 heteroatoms. The smallest absolute Gasteiger partial charge is 0.275 e. The SMILES string of the molecule is O=C(c1cnsn1)N1CC[C@H]2[C@H](CCC(=O)N2CCc2cccc(F)c2)C1. The molecule has 0 N–H and O–H groups in total. The second-order valence-electron chi connectivity index (χ2n) is 7.17. The molecule has 2 aromatic rings. The van der Waals surface area contributed by atoms with Gasteiger partial charge in [-0.3, -0.25) is 9.59 Å². The van der Waals surface area contributed by atoms with Crippen molar-refractivity contribution in [3.63, 3.8) is 0 Å². The van der Waals surface area contributed by atoms with Crippen molar-refractivity contribution in [2.24, 2.45) is 5.92 Å². The van der Waals surface area contributed by atoms with Crippen molar-refractivity contribution in [3.05, 3.63) is 47.5 Å². The van der Waals surface area contributed by atoms with E-state index in [0.717, 1.165) is 30.1 Å². The van der Waals surface area contributed by atoms with Crippen LogP contribution >= 0.6 is 11.7 Å². The van der Waals surface area contributed by atoms with Crippen LogP contribution in [0.25, 0.3) is 0 Å². The van der Waals surface area contributed by atoms with Gasteiger partial charge in [0.05, 0.1) is 17.9 Å². The predicted molar refractivity (Wildman–Crippen MR) is 98.8 cm³/mol. The normalized spacial score (nSPS) is 22.6. The van der Waals surface area contributed by atoms with Crippen molar-refractivity contribution in [1.29, 1.82) is 0 Å². The molecule has 1 aromatic heterocycles. The van der Waals surface area contributed by atoms with Gasteiger partial charge in [0.2, 0.25) is 5.91 Å². The van der Waals surface area contributed by atoms with Crippen LogP contribution in [0.5, 0.6) is 0 Å². The summed E-state index contributed by atoms with van der Waals surface area (Å²) in [5, 5.41) is 0. The molecule has 4 rings (SSSR count). The number of rotatable bonds is 4. The van der Waals surface area contributed by atoms with Gasteiger partial charge in [-0.1, -0.05) is 12.1 Å². The Bertz CT molecular complexity index is 829. The van der Waals surface area contributed by atoms with Gasteiger partial charge in [0, 0.05) is 32.1 Å². The van der Waals surface area contributed by atoms with Crippen molar-refractivity contribution >= 4 is 23.5 Å². The highest BCUT2D eigenvalue weighted by Gasteiger charge is 2.40. The quantitative estimate of drug-likeness (QED) is 0.807. The Morgan fingerprint density at radius 3 is 3.00 bits per heavy atom. The summed E-state index contributed by atoms with van der Waals surface area (Å²) in [5.41, 5.74) is 1.29. The molecule has 2 aliphatic heterocycles. The van der Waals surface area contributed by atoms with Crippen LogP contribution in [0.4, 0.5) is 4.39 Å². The Morgan fingerprint density at radius 1 is 1.33 bits per heavy atom. The van der Waals surface area contributed by atoms with Gasteiger partial charge >= 0.3 is 0 Å². The summed E-state index contributed by atoms with van der Waals surface area (Å²) < 4.78 is 21.3. The fourth-order valence-corrected chi connectivity index (χ4v) is 4.60. The van der Waals surface area contributed by atoms with E-state index in [9.17, 15) is 14.0 Å². The average Bonchev–Trinajstić information content (AvgIpc) is 3.21. The Morgan fingerprint density at radius 2 is 2.22 bits per heavy atom. The number of hydrogen-bond donors (Lipinski definition) is 0. The van der Waals surface area contributed by atoms with E-state index in [1.54, 1.807) is 6.07 Å². The highest BCUT2D eigenvalue weighted by Crippen LogP contribution is 2.32. The molecule has 0 bridgehead atoms. The van der Waals surface area contributed by atoms with E-state index in [0.29, 0.717) is 38.2 Å². The van der Waals surface area contributed by atoms with Gasteiger partial charge < -0.3 is 9.80 Å². The summed E-state index contributed by atoms with van der Waals surface area (Å²) in [6, 6.07) is 6.68. The maximum atomic E-state index is 13.4. The average molecular weight is 388 g/mol. The topological polar surface area (TPSA) is 66.4 Å². The minimum atomic E-state index is -0.251. The van der Waals surface area contributed by atoms with Gasteiger partial charge in [-0.2, -0.15) is 8.75 Å². The number of piperidine rings is 2. The predicted octanol–water partition coefficient (Wildman–Crippen LogP) is 2.37. The van der Waals surface area contributed by atoms with Gasteiger partial charge in [-0.25, -0.2) is 4.39 Å². The number of benzene rings is 1. The van der Waals surface area contributed by atoms with Gasteiger partial charge in [-0.05, 0) is 42.9 Å². The molecule has 1 aromatic carbocycles. The lowest BCUT2D eigenvalue weighted by Crippen LogP contribution is -2.57. The lowest BCUT2D eigenvalue weighted by atomic mass is 9.83. The van der Waals surface area contributed by atoms with Gasteiger partial charge in [0.15, 0.2) is 5.69 Å². The zero-order valence-corrected chi connectivity index (χ0v) is 15.7. The first-order valence-corrected chi connectivity index (χ1v) is 9.95. The largest absolute Gasteiger partial charge is 0.339 e. The maximum Gasteiger partial charge on any atom is 0.275 e. The number of likely N-dealkylation sites (tertiary alicyclic amines) is 2. The number of aromatic nitrogens is 2. The van der Waals surface area contributed by atoms with Crippen LogP contribution in [-0.4, -0.2) is 56.0 Å². The van der Waals surface area contributed by atoms with Crippen LogP contribution in [-0.2, 0) is 11.2 Å². The molecule has 6 nitrogen and oxygen atoms in total. The third-order valence-electron chi connectivity index (χ3n) is 5.54. The maximum absolute atomic E-state index is 13.4. The van der Waals surface area contributed by atoms with Crippen LogP contribution in [0.1, 0.15) is 35.3 Å². The molecule has 2 atom stereocenters. The Balaban J connectivity index is 1.41. The molecule has 2 aliphatic rings. The highest BCUT2D eigenvalue weighted by atomic mass is 32.1. The molecule has 0 spiro atoms. The summed E-state index contributed by atoms with van der Waals surface area (Å²) in [6.45, 7) is 1.85. The third kappa shape index (κ3) is 3.85. The van der Waals surface area contributed by atoms with Gasteiger partial charge in [0.25, 0.3) is 5.91 Å². The minimum Gasteiger partial charge on any atom is -0.339 e. The monoisotopic (exact) mass is 388 g/mol. The van der Waals surface area contributed by atoms with E-state index in [4.69, 9.17) is 0 Å². The number of halogens is 1. The fraction of sp³-hybridized carbons (Fsp3) is 0.474. The zero-order chi connectivity index (χ0) is 18.8. The molecule has 3 heterocycles. The summed E-state index contributed by atoms with van der Waals surface area (Å²) in [5.74, 6) is 0.111. The van der Waals surface area contributed by atoms with E-state index in [1.807, 2.05) is 15.9 Å². The Hall–Kier alpha value is -2.35. The molecule has 2 amide bonds. The molecule has 0 aliphatic carbocycles. The summed E-state index contributed by atoms with van der Waals surface area (Å²) >= 11 is 1.03. The van der Waals surface area contributed by atoms with Crippen LogP contribution in [0.2, 0.25) is 0 Å². The number of hydrogen-bond acceptors (Lipinski definition) is 5. The lowest BCUT2D eigenvalue weighted by Gasteiger charge is -2.47. The number of carbonyl (C=O) groups excluding carboxylic acids is 2. The van der Waals surface area contributed by atoms with E-state index >= 15 is 0 Å². The molecular weight excluding hydrogens is 367 g/mol. The lowest BCUT2D eigenvalue weighted by molar-refractivity contribution is -0.140. The number of nitrogens with zero attached hydrogens (tertiary/aromatic N) is 4. The molecule has 142 valence electrons. The van der Waals surface area contributed by atoms with Crippen molar-refractivity contribution in [3.8, 4) is 0 Å². The van der Waals surface area contributed by atoms with E-state index < -0.39 is 0 Å². The van der Waals surface area contributed by atoms with Crippen molar-refractivity contribution in [2.45, 2.75) is 31.7 Å². The standard InChI is InChI=1S/C19H21FN4O2S/c20-15-3-1-2-13(10-15)6-9-24-17-7-8-23(12-14(17)4-5-18(24)25)19(26)16-11-21-27-22-16/h1-3,10-11,14,17H,4-9,12H2/t14-,17+/m1/s1. The first-order valence-electron chi connectivity index (χ1n) is 9.22. The highest BCUT2D eigenvalue weighted by molar-refractivity contribution is 6.99. The van der Waals surface area contributed by atoms with Crippen LogP contribution in [0.15, 0.2) is 30.5 Å². The van der Waals surface area contributed by atoms with E-state index in [2.05, 4.69) is 8.75 Å². The first-order chi connectivity index (χ1) is 13.1. The number of fused-ring (bicyclic) bond motifs is 1. The molecule has 2 saturated heterocycles. The second-order valence-corrected chi connectivity index (χ2v) is 7.72. The fourth-order valence-electron chi connectivity index (χ4n) is 4.19. The second kappa shape index (κ2) is 7.72. The molecule has 0 saturated carbocycles. The summed E-state index contributed by atoms with van der Waals surface area (Å²) in [7, 11) is 0. The molecule has 0 unspecified atom stereocenters. The third-order valence-corrected chi connectivity index (χ3v) is 6.02. The van der Waals surface area contributed by atoms with E-state index in [-0.39, 0.29) is 29.6 Å². The van der Waals surface area contributed by atoms with Gasteiger partial charge in [-0.15, -0.1) is 0 Å². The molecule has 2 fully saturated rings. The summed E-state index contributed by atoms with van der Waals surface area (Å²) in [6.07, 6.45) is 4.22. The van der Waals surface area contributed by atoms with Gasteiger partial charge in [0.1, 0.15) is 5.82 Å². The van der Waals surface area contributed by atoms with Crippen LogP contribution in [0, 0.1) is 11.7 Å². The van der Waals surface area contributed by atoms with E-state index in [1.165, 1.54) is 18.3 Å². The van der Waals surface area contributed by atoms with Crippen molar-refractivity contribution in [2.75, 3.05) is 19.6 Å². The minimum absolute atomic E-state index is 0.0783. The molecular formula is C19H21FN4O2S. The van der Waals surface area contributed by atoms with Crippen LogP contribution in [0.3, 0.4) is 0 Å². The molecule has 0 radical (unpaired) electrons. The first kappa shape index (κ1) is 18.0. The Labute approximate surface area is 161 Å². The van der Waals surface area contributed by atoms with Crippen molar-refractivity contribution in [1.82, 2.24) is 18.5 Å². The Kier molecular flexibility index (Phi) is 5.15. The van der Waals surface area contributed by atoms with Crippen molar-refractivity contribution < 1.29 is 14.0 Å².